The number of aromatic nitrogens is 8. The molecular weight excluding hydrogens is 1060 g/mol. The molecule has 32 nitrogen and oxygen atoms in total. The standard InChI is InChI=1S/8C6H6N2O.8H2O/c8*7-6(9)5-1-3-8-4-2-5;;;;;;;;/h8*1-4H,(H2,7,9);8*1H2. The summed E-state index contributed by atoms with van der Waals surface area (Å²) < 4.78 is 0. The second kappa shape index (κ2) is 51.1. The van der Waals surface area contributed by atoms with E-state index >= 15 is 0 Å². The Morgan fingerprint density at radius 1 is 0.175 bits per heavy atom. The van der Waals surface area contributed by atoms with E-state index in [2.05, 4.69) is 39.9 Å². The molecule has 8 amide bonds. The van der Waals surface area contributed by atoms with Gasteiger partial charge in [-0.25, -0.2) is 0 Å². The lowest BCUT2D eigenvalue weighted by atomic mass is 10.3. The van der Waals surface area contributed by atoms with Crippen molar-refractivity contribution in [3.8, 4) is 0 Å². The van der Waals surface area contributed by atoms with Crippen molar-refractivity contribution < 1.29 is 82.2 Å². The Bertz CT molecular complexity index is 2280. The predicted octanol–water partition coefficient (Wildman–Crippen LogP) is -5.15. The molecular formula is C48H64N16O16. The molecule has 0 aliphatic heterocycles. The number of carbonyl (C=O) groups excluding carboxylic acids is 8. The van der Waals surface area contributed by atoms with Gasteiger partial charge in [-0.1, -0.05) is 0 Å². The van der Waals surface area contributed by atoms with Crippen LogP contribution in [0.3, 0.4) is 0 Å². The van der Waals surface area contributed by atoms with Gasteiger partial charge in [0.15, 0.2) is 0 Å². The van der Waals surface area contributed by atoms with Crippen LogP contribution in [0.1, 0.15) is 82.9 Å². The minimum absolute atomic E-state index is 0. The molecule has 32 N–H and O–H groups in total. The number of amides is 8. The molecule has 0 spiro atoms. The van der Waals surface area contributed by atoms with Gasteiger partial charge in [0.2, 0.25) is 47.3 Å². The zero-order valence-corrected chi connectivity index (χ0v) is 41.9. The molecule has 0 atom stereocenters. The van der Waals surface area contributed by atoms with Crippen molar-refractivity contribution >= 4 is 47.3 Å². The van der Waals surface area contributed by atoms with Crippen molar-refractivity contribution in [2.75, 3.05) is 0 Å². The quantitative estimate of drug-likeness (QED) is 0.0705. The van der Waals surface area contributed by atoms with Gasteiger partial charge in [-0.05, 0) is 97.1 Å². The average Bonchev–Trinajstić information content (AvgIpc) is 3.42. The summed E-state index contributed by atoms with van der Waals surface area (Å²) in [7, 11) is 0. The number of carbonyl (C=O) groups is 8. The van der Waals surface area contributed by atoms with E-state index in [1.54, 1.807) is 97.1 Å². The largest absolute Gasteiger partial charge is 0.412 e. The first-order valence-electron chi connectivity index (χ1n) is 20.0. The Morgan fingerprint density at radius 2 is 0.237 bits per heavy atom. The Morgan fingerprint density at radius 3 is 0.275 bits per heavy atom. The van der Waals surface area contributed by atoms with E-state index in [4.69, 9.17) is 45.9 Å². The summed E-state index contributed by atoms with van der Waals surface area (Å²) in [6.45, 7) is 0. The fourth-order valence-electron chi connectivity index (χ4n) is 4.13. The minimum atomic E-state index is -0.419. The monoisotopic (exact) mass is 1120 g/mol. The molecule has 8 heterocycles. The topological polar surface area (TPSA) is 700 Å². The fraction of sp³-hybridized carbons (Fsp3) is 0. The second-order valence-corrected chi connectivity index (χ2v) is 12.8. The van der Waals surface area contributed by atoms with Crippen molar-refractivity contribution in [1.82, 2.24) is 39.9 Å². The molecule has 0 saturated carbocycles. The lowest BCUT2D eigenvalue weighted by molar-refractivity contribution is 0.0991. The van der Waals surface area contributed by atoms with Crippen LogP contribution in [0, 0.1) is 0 Å². The van der Waals surface area contributed by atoms with E-state index in [0.717, 1.165) is 0 Å². The molecule has 0 aliphatic rings. The smallest absolute Gasteiger partial charge is 0.248 e. The second-order valence-electron chi connectivity index (χ2n) is 12.8. The Balaban J connectivity index is -0.000000122. The van der Waals surface area contributed by atoms with E-state index in [-0.39, 0.29) is 43.8 Å². The SMILES string of the molecule is NC(=O)c1ccncc1.NC(=O)c1ccncc1.NC(=O)c1ccncc1.NC(=O)c1ccncc1.NC(=O)c1ccncc1.NC(=O)c1ccncc1.NC(=O)c1ccncc1.NC(=O)c1ccncc1.O.O.O.O.O.O.O.O. The summed E-state index contributed by atoms with van der Waals surface area (Å²) in [4.78, 5) is 113. The highest BCUT2D eigenvalue weighted by atomic mass is 16.2. The van der Waals surface area contributed by atoms with E-state index in [1.165, 1.54) is 99.1 Å². The zero-order valence-electron chi connectivity index (χ0n) is 41.9. The lowest BCUT2D eigenvalue weighted by Gasteiger charge is -1.88. The molecule has 80 heavy (non-hydrogen) atoms. The lowest BCUT2D eigenvalue weighted by Crippen LogP contribution is -2.10. The van der Waals surface area contributed by atoms with Gasteiger partial charge >= 0.3 is 0 Å². The first-order chi connectivity index (χ1) is 34.4. The summed E-state index contributed by atoms with van der Waals surface area (Å²) in [5, 5.41) is 0. The molecule has 8 aromatic rings. The van der Waals surface area contributed by atoms with Crippen LogP contribution >= 0.6 is 0 Å². The van der Waals surface area contributed by atoms with Crippen LogP contribution in [0.5, 0.6) is 0 Å². The molecule has 432 valence electrons. The van der Waals surface area contributed by atoms with Crippen LogP contribution < -0.4 is 45.9 Å². The molecule has 0 aliphatic carbocycles. The van der Waals surface area contributed by atoms with Crippen molar-refractivity contribution in [3.05, 3.63) is 241 Å². The van der Waals surface area contributed by atoms with Gasteiger partial charge in [-0.3, -0.25) is 78.2 Å². The van der Waals surface area contributed by atoms with Gasteiger partial charge in [0, 0.05) is 144 Å². The molecule has 0 fully saturated rings. The van der Waals surface area contributed by atoms with Gasteiger partial charge in [0.1, 0.15) is 0 Å². The summed E-state index contributed by atoms with van der Waals surface area (Å²) >= 11 is 0. The van der Waals surface area contributed by atoms with E-state index in [9.17, 15) is 38.4 Å². The van der Waals surface area contributed by atoms with Crippen LogP contribution in [0.25, 0.3) is 0 Å². The number of primary amides is 8. The van der Waals surface area contributed by atoms with Crippen LogP contribution in [0.2, 0.25) is 0 Å². The minimum Gasteiger partial charge on any atom is -0.412 e. The highest BCUT2D eigenvalue weighted by Gasteiger charge is 1.99. The number of hydrogen-bond acceptors (Lipinski definition) is 16. The van der Waals surface area contributed by atoms with Crippen LogP contribution in [0.15, 0.2) is 196 Å². The number of hydrogen-bond donors (Lipinski definition) is 8. The molecule has 0 bridgehead atoms. The maximum absolute atomic E-state index is 10.4. The molecule has 0 aromatic carbocycles. The van der Waals surface area contributed by atoms with Crippen molar-refractivity contribution in [2.24, 2.45) is 45.9 Å². The predicted molar refractivity (Wildman–Crippen MR) is 291 cm³/mol. The first kappa shape index (κ1) is 85.4. The molecule has 0 unspecified atom stereocenters. The molecule has 32 heteroatoms. The van der Waals surface area contributed by atoms with Crippen LogP contribution in [0.4, 0.5) is 0 Å². The third-order valence-corrected chi connectivity index (χ3v) is 7.72. The summed E-state index contributed by atoms with van der Waals surface area (Å²) in [6, 6.07) is 25.1. The van der Waals surface area contributed by atoms with E-state index in [0.29, 0.717) is 44.5 Å². The first-order valence-corrected chi connectivity index (χ1v) is 20.0. The van der Waals surface area contributed by atoms with Crippen molar-refractivity contribution in [1.29, 1.82) is 0 Å². The highest BCUT2D eigenvalue weighted by molar-refractivity contribution is 5.95. The van der Waals surface area contributed by atoms with Gasteiger partial charge in [0.05, 0.1) is 0 Å². The van der Waals surface area contributed by atoms with Crippen molar-refractivity contribution in [2.45, 2.75) is 0 Å². The highest BCUT2D eigenvalue weighted by Crippen LogP contribution is 1.97. The third kappa shape index (κ3) is 40.1. The maximum Gasteiger partial charge on any atom is 0.248 e. The molecule has 8 rings (SSSR count). The number of rotatable bonds is 8. The van der Waals surface area contributed by atoms with Gasteiger partial charge in [-0.2, -0.15) is 0 Å². The Labute approximate surface area is 454 Å². The summed E-state index contributed by atoms with van der Waals surface area (Å²) in [5.41, 5.74) is 43.5. The fourth-order valence-corrected chi connectivity index (χ4v) is 4.13. The Hall–Kier alpha value is -11.4. The van der Waals surface area contributed by atoms with E-state index in [1.807, 2.05) is 0 Å². The van der Waals surface area contributed by atoms with Gasteiger partial charge in [0.25, 0.3) is 0 Å². The Kier molecular flexibility index (Phi) is 54.6. The number of pyridine rings is 8. The molecule has 8 aromatic heterocycles. The third-order valence-electron chi connectivity index (χ3n) is 7.72. The number of nitrogens with zero attached hydrogens (tertiary/aromatic N) is 8. The van der Waals surface area contributed by atoms with Gasteiger partial charge in [-0.15, -0.1) is 0 Å². The molecule has 0 radical (unpaired) electrons. The number of nitrogens with two attached hydrogens (primary N) is 8. The molecule has 0 saturated heterocycles. The summed E-state index contributed by atoms with van der Waals surface area (Å²) in [6.07, 6.45) is 24.4. The van der Waals surface area contributed by atoms with E-state index < -0.39 is 47.3 Å². The van der Waals surface area contributed by atoms with Crippen LogP contribution in [-0.4, -0.2) is 131 Å². The van der Waals surface area contributed by atoms with Crippen LogP contribution in [-0.2, 0) is 0 Å². The normalized spacial score (nSPS) is 8.00. The summed E-state index contributed by atoms with van der Waals surface area (Å²) in [5.74, 6) is -3.35. The van der Waals surface area contributed by atoms with Crippen molar-refractivity contribution in [3.63, 3.8) is 0 Å². The van der Waals surface area contributed by atoms with Gasteiger partial charge < -0.3 is 89.7 Å². The average molecular weight is 1120 g/mol. The zero-order chi connectivity index (χ0) is 53.5. The maximum atomic E-state index is 10.4.